The first-order valence-corrected chi connectivity index (χ1v) is 14.0. The average molecular weight is 598 g/mol. The molecule has 0 spiro atoms. The van der Waals surface area contributed by atoms with Crippen molar-refractivity contribution in [2.24, 2.45) is 0 Å². The fourth-order valence-corrected chi connectivity index (χ4v) is 4.69. The highest BCUT2D eigenvalue weighted by molar-refractivity contribution is 9.10. The van der Waals surface area contributed by atoms with Crippen LogP contribution in [-0.2, 0) is 11.2 Å². The normalized spacial score (nSPS) is 11.6. The third-order valence-electron chi connectivity index (χ3n) is 6.58. The minimum atomic E-state index is -0.144. The average Bonchev–Trinajstić information content (AvgIpc) is 3.00. The molecule has 40 heavy (non-hydrogen) atoms. The van der Waals surface area contributed by atoms with Gasteiger partial charge in [-0.25, -0.2) is 0 Å². The van der Waals surface area contributed by atoms with Gasteiger partial charge >= 0.3 is 0 Å². The first kappa shape index (κ1) is 28.8. The van der Waals surface area contributed by atoms with Crippen LogP contribution in [0.1, 0.15) is 41.1 Å². The molecule has 1 aromatic heterocycles. The van der Waals surface area contributed by atoms with Crippen molar-refractivity contribution in [3.63, 3.8) is 0 Å². The minimum Gasteiger partial charge on any atom is -0.497 e. The number of carbonyl (C=O) groups excluding carboxylic acids is 1. The zero-order valence-electron chi connectivity index (χ0n) is 22.7. The lowest BCUT2D eigenvalue weighted by molar-refractivity contribution is -0.117. The van der Waals surface area contributed by atoms with Crippen molar-refractivity contribution >= 4 is 27.4 Å². The van der Waals surface area contributed by atoms with Gasteiger partial charge in [-0.1, -0.05) is 70.5 Å². The van der Waals surface area contributed by atoms with Gasteiger partial charge in [-0.2, -0.15) is 0 Å². The molecule has 0 bridgehead atoms. The maximum absolute atomic E-state index is 13.1. The maximum atomic E-state index is 13.1. The molecule has 1 heterocycles. The van der Waals surface area contributed by atoms with E-state index in [1.165, 1.54) is 5.56 Å². The van der Waals surface area contributed by atoms with E-state index in [1.807, 2.05) is 91.1 Å². The van der Waals surface area contributed by atoms with E-state index < -0.39 is 0 Å². The molecule has 0 radical (unpaired) electrons. The number of amides is 1. The van der Waals surface area contributed by atoms with E-state index in [0.29, 0.717) is 0 Å². The van der Waals surface area contributed by atoms with E-state index in [2.05, 4.69) is 32.3 Å². The summed E-state index contributed by atoms with van der Waals surface area (Å²) in [5.41, 5.74) is 5.27. The van der Waals surface area contributed by atoms with E-state index >= 15 is 0 Å². The number of nitrogens with one attached hydrogen (secondary N) is 1. The Labute approximate surface area is 244 Å². The lowest BCUT2D eigenvalue weighted by atomic mass is 9.97. The lowest BCUT2D eigenvalue weighted by Gasteiger charge is -2.18. The molecule has 0 saturated heterocycles. The van der Waals surface area contributed by atoms with Crippen molar-refractivity contribution in [2.45, 2.75) is 25.3 Å². The minimum absolute atomic E-state index is 0.103. The fraction of sp³-hybridized carbons (Fsp3) is 0.176. The largest absolute Gasteiger partial charge is 0.497 e. The second kappa shape index (κ2) is 14.8. The zero-order chi connectivity index (χ0) is 28.2. The topological polar surface area (TPSA) is 60.5 Å². The molecule has 0 unspecified atom stereocenters. The standard InChI is InChI=1S/C34H33BrN2O3/c1-39-30-19-13-26(14-20-30)32(27-15-21-31(40-2)22-16-27)8-4-10-34(38)37-33(28-11-17-29(35)18-12-28)9-3-6-25-7-5-23-36-24-25/h4-5,7-8,10-24,33H,3,6,9H2,1-2H3,(H,37,38)/b10-4+/t33-/m1/s1. The number of aryl methyl sites for hydroxylation is 1. The number of benzene rings is 3. The molecular formula is C34H33BrN2O3. The number of hydrogen-bond donors (Lipinski definition) is 1. The smallest absolute Gasteiger partial charge is 0.244 e. The molecule has 4 aromatic rings. The highest BCUT2D eigenvalue weighted by Gasteiger charge is 2.14. The summed E-state index contributed by atoms with van der Waals surface area (Å²) in [6.07, 6.45) is 11.7. The summed E-state index contributed by atoms with van der Waals surface area (Å²) >= 11 is 3.50. The van der Waals surface area contributed by atoms with Crippen LogP contribution < -0.4 is 14.8 Å². The molecule has 0 aliphatic heterocycles. The van der Waals surface area contributed by atoms with Gasteiger partial charge < -0.3 is 14.8 Å². The van der Waals surface area contributed by atoms with Crippen molar-refractivity contribution in [3.8, 4) is 11.5 Å². The van der Waals surface area contributed by atoms with E-state index in [4.69, 9.17) is 9.47 Å². The Kier molecular flexibility index (Phi) is 10.7. The van der Waals surface area contributed by atoms with E-state index in [1.54, 1.807) is 32.6 Å². The third-order valence-corrected chi connectivity index (χ3v) is 7.11. The number of aromatic nitrogens is 1. The number of rotatable bonds is 12. The summed E-state index contributed by atoms with van der Waals surface area (Å²) in [5.74, 6) is 1.43. The highest BCUT2D eigenvalue weighted by Crippen LogP contribution is 2.27. The second-order valence-electron chi connectivity index (χ2n) is 9.26. The Bertz CT molecular complexity index is 1370. The molecule has 5 nitrogen and oxygen atoms in total. The molecule has 6 heteroatoms. The van der Waals surface area contributed by atoms with Gasteiger partial charge in [0.15, 0.2) is 0 Å². The summed E-state index contributed by atoms with van der Waals surface area (Å²) in [4.78, 5) is 17.3. The number of methoxy groups -OCH3 is 2. The molecule has 3 aromatic carbocycles. The van der Waals surface area contributed by atoms with Crippen LogP contribution in [0.5, 0.6) is 11.5 Å². The molecule has 1 amide bonds. The summed E-state index contributed by atoms with van der Waals surface area (Å²) < 4.78 is 11.6. The predicted octanol–water partition coefficient (Wildman–Crippen LogP) is 7.73. The van der Waals surface area contributed by atoms with Crippen LogP contribution in [0.2, 0.25) is 0 Å². The number of halogens is 1. The number of carbonyl (C=O) groups is 1. The zero-order valence-corrected chi connectivity index (χ0v) is 24.3. The number of nitrogens with zero attached hydrogens (tertiary/aromatic N) is 1. The van der Waals surface area contributed by atoms with Gasteiger partial charge in [0, 0.05) is 22.9 Å². The number of ether oxygens (including phenoxy) is 2. The van der Waals surface area contributed by atoms with Crippen LogP contribution in [-0.4, -0.2) is 25.1 Å². The molecule has 1 atom stereocenters. The van der Waals surface area contributed by atoms with Gasteiger partial charge in [0.05, 0.1) is 20.3 Å². The van der Waals surface area contributed by atoms with Crippen LogP contribution in [0.4, 0.5) is 0 Å². The third kappa shape index (κ3) is 8.42. The first-order chi connectivity index (χ1) is 19.6. The Balaban J connectivity index is 1.51. The van der Waals surface area contributed by atoms with Crippen LogP contribution in [0, 0.1) is 0 Å². The maximum Gasteiger partial charge on any atom is 0.244 e. The molecule has 1 N–H and O–H groups in total. The molecule has 204 valence electrons. The number of allylic oxidation sites excluding steroid dienone is 2. The molecule has 0 aliphatic rings. The first-order valence-electron chi connectivity index (χ1n) is 13.2. The quantitative estimate of drug-likeness (QED) is 0.134. The van der Waals surface area contributed by atoms with Crippen LogP contribution in [0.15, 0.2) is 120 Å². The summed E-state index contributed by atoms with van der Waals surface area (Å²) in [6, 6.07) is 27.8. The summed E-state index contributed by atoms with van der Waals surface area (Å²) in [7, 11) is 3.30. The van der Waals surface area contributed by atoms with Crippen LogP contribution in [0.3, 0.4) is 0 Å². The van der Waals surface area contributed by atoms with Crippen LogP contribution >= 0.6 is 15.9 Å². The van der Waals surface area contributed by atoms with Crippen molar-refractivity contribution in [1.29, 1.82) is 0 Å². The monoisotopic (exact) mass is 596 g/mol. The Morgan fingerprint density at radius 1 is 0.900 bits per heavy atom. The molecular weight excluding hydrogens is 564 g/mol. The van der Waals surface area contributed by atoms with Gasteiger partial charge in [-0.15, -0.1) is 0 Å². The van der Waals surface area contributed by atoms with Crippen molar-refractivity contribution in [3.05, 3.63) is 142 Å². The Hall–Kier alpha value is -4.16. The SMILES string of the molecule is COc1ccc(C(=C/C=C/C(=O)N[C@H](CCCc2cccnc2)c2ccc(Br)cc2)c2ccc(OC)cc2)cc1. The lowest BCUT2D eigenvalue weighted by Crippen LogP contribution is -2.27. The van der Waals surface area contributed by atoms with Crippen molar-refractivity contribution < 1.29 is 14.3 Å². The van der Waals surface area contributed by atoms with E-state index in [-0.39, 0.29) is 11.9 Å². The molecule has 0 saturated carbocycles. The van der Waals surface area contributed by atoms with Gasteiger partial charge in [0.25, 0.3) is 0 Å². The van der Waals surface area contributed by atoms with Gasteiger partial charge in [-0.3, -0.25) is 9.78 Å². The van der Waals surface area contributed by atoms with Crippen LogP contribution in [0.25, 0.3) is 5.57 Å². The van der Waals surface area contributed by atoms with Gasteiger partial charge in [0.1, 0.15) is 11.5 Å². The van der Waals surface area contributed by atoms with E-state index in [9.17, 15) is 4.79 Å². The Morgan fingerprint density at radius 3 is 2.08 bits per heavy atom. The summed E-state index contributed by atoms with van der Waals surface area (Å²) in [6.45, 7) is 0. The molecule has 0 fully saturated rings. The van der Waals surface area contributed by atoms with Gasteiger partial charge in [0.2, 0.25) is 5.91 Å². The number of pyridine rings is 1. The van der Waals surface area contributed by atoms with Gasteiger partial charge in [-0.05, 0) is 89.6 Å². The van der Waals surface area contributed by atoms with E-state index in [0.717, 1.165) is 57.5 Å². The molecule has 4 rings (SSSR count). The Morgan fingerprint density at radius 2 is 1.52 bits per heavy atom. The number of hydrogen-bond acceptors (Lipinski definition) is 4. The van der Waals surface area contributed by atoms with Crippen molar-refractivity contribution in [2.75, 3.05) is 14.2 Å². The fourth-order valence-electron chi connectivity index (χ4n) is 4.43. The predicted molar refractivity (Wildman–Crippen MR) is 164 cm³/mol. The second-order valence-corrected chi connectivity index (χ2v) is 10.2. The van der Waals surface area contributed by atoms with Crippen molar-refractivity contribution in [1.82, 2.24) is 10.3 Å². The molecule has 0 aliphatic carbocycles. The summed E-state index contributed by atoms with van der Waals surface area (Å²) in [5, 5.41) is 3.20. The highest BCUT2D eigenvalue weighted by atomic mass is 79.9.